The number of hydrogen-bond donors (Lipinski definition) is 1. The predicted octanol–water partition coefficient (Wildman–Crippen LogP) is 3.31. The van der Waals surface area contributed by atoms with Crippen LogP contribution in [0.3, 0.4) is 0 Å². The van der Waals surface area contributed by atoms with Crippen LogP contribution in [0.4, 0.5) is 0 Å². The summed E-state index contributed by atoms with van der Waals surface area (Å²) in [6, 6.07) is 15.9. The van der Waals surface area contributed by atoms with E-state index in [1.165, 1.54) is 4.70 Å². The standard InChI is InChI=1S/C20H24N2O3S/c1-22(12-20-21-18-5-3-4-6-19(18)26-20)11-16(23)14-25-13-15-7-9-17(24-2)10-8-15/h3-10,16,23H,11-14H2,1-2H3. The van der Waals surface area contributed by atoms with E-state index in [0.29, 0.717) is 19.8 Å². The van der Waals surface area contributed by atoms with Crippen LogP contribution in [0.5, 0.6) is 5.75 Å². The number of aliphatic hydroxyl groups excluding tert-OH is 1. The molecule has 0 aliphatic heterocycles. The average molecular weight is 372 g/mol. The van der Waals surface area contributed by atoms with Gasteiger partial charge in [-0.1, -0.05) is 24.3 Å². The summed E-state index contributed by atoms with van der Waals surface area (Å²) in [5, 5.41) is 11.2. The minimum atomic E-state index is -0.535. The van der Waals surface area contributed by atoms with Crippen LogP contribution in [0, 0.1) is 0 Å². The minimum Gasteiger partial charge on any atom is -0.497 e. The molecule has 0 aliphatic rings. The first-order chi connectivity index (χ1) is 12.6. The van der Waals surface area contributed by atoms with E-state index in [0.717, 1.165) is 28.4 Å². The molecule has 1 heterocycles. The van der Waals surface area contributed by atoms with Crippen molar-refractivity contribution in [1.29, 1.82) is 0 Å². The van der Waals surface area contributed by atoms with E-state index in [9.17, 15) is 5.11 Å². The van der Waals surface area contributed by atoms with Gasteiger partial charge in [0.15, 0.2) is 0 Å². The number of aliphatic hydroxyl groups is 1. The SMILES string of the molecule is COc1ccc(COCC(O)CN(C)Cc2nc3ccccc3s2)cc1. The third-order valence-electron chi connectivity index (χ3n) is 4.00. The second kappa shape index (κ2) is 9.09. The number of rotatable bonds is 9. The lowest BCUT2D eigenvalue weighted by Gasteiger charge is -2.19. The summed E-state index contributed by atoms with van der Waals surface area (Å²) in [7, 11) is 3.63. The molecule has 2 aromatic carbocycles. The van der Waals surface area contributed by atoms with Crippen molar-refractivity contribution in [2.24, 2.45) is 0 Å². The maximum atomic E-state index is 10.2. The van der Waals surface area contributed by atoms with E-state index in [4.69, 9.17) is 9.47 Å². The van der Waals surface area contributed by atoms with Crippen molar-refractivity contribution in [2.45, 2.75) is 19.3 Å². The molecule has 1 unspecified atom stereocenters. The largest absolute Gasteiger partial charge is 0.497 e. The van der Waals surface area contributed by atoms with Gasteiger partial charge in [0.1, 0.15) is 10.8 Å². The van der Waals surface area contributed by atoms with Crippen LogP contribution in [0.15, 0.2) is 48.5 Å². The zero-order valence-electron chi connectivity index (χ0n) is 15.1. The molecule has 0 amide bonds. The molecule has 0 radical (unpaired) electrons. The Bertz CT molecular complexity index is 786. The molecule has 1 atom stereocenters. The van der Waals surface area contributed by atoms with Gasteiger partial charge in [-0.15, -0.1) is 11.3 Å². The lowest BCUT2D eigenvalue weighted by Crippen LogP contribution is -2.31. The fraction of sp³-hybridized carbons (Fsp3) is 0.350. The minimum absolute atomic E-state index is 0.302. The highest BCUT2D eigenvalue weighted by molar-refractivity contribution is 7.18. The van der Waals surface area contributed by atoms with Gasteiger partial charge in [-0.2, -0.15) is 0 Å². The highest BCUT2D eigenvalue weighted by Crippen LogP contribution is 2.22. The molecule has 138 valence electrons. The van der Waals surface area contributed by atoms with Crippen LogP contribution >= 0.6 is 11.3 Å². The molecule has 3 rings (SSSR count). The normalized spacial score (nSPS) is 12.6. The number of aromatic nitrogens is 1. The van der Waals surface area contributed by atoms with E-state index in [-0.39, 0.29) is 0 Å². The maximum Gasteiger partial charge on any atom is 0.118 e. The van der Waals surface area contributed by atoms with Crippen molar-refractivity contribution in [1.82, 2.24) is 9.88 Å². The molecule has 0 fully saturated rings. The summed E-state index contributed by atoms with van der Waals surface area (Å²) in [6.45, 7) is 2.03. The van der Waals surface area contributed by atoms with Crippen LogP contribution in [-0.4, -0.2) is 48.4 Å². The lowest BCUT2D eigenvalue weighted by molar-refractivity contribution is 0.0127. The summed E-state index contributed by atoms with van der Waals surface area (Å²) in [5.74, 6) is 0.824. The number of para-hydroxylation sites is 1. The van der Waals surface area contributed by atoms with Crippen LogP contribution in [0.1, 0.15) is 10.6 Å². The molecule has 0 saturated heterocycles. The zero-order valence-corrected chi connectivity index (χ0v) is 15.9. The number of fused-ring (bicyclic) bond motifs is 1. The lowest BCUT2D eigenvalue weighted by atomic mass is 10.2. The van der Waals surface area contributed by atoms with Crippen molar-refractivity contribution in [3.8, 4) is 5.75 Å². The third-order valence-corrected chi connectivity index (χ3v) is 5.02. The number of hydrogen-bond acceptors (Lipinski definition) is 6. The summed E-state index contributed by atoms with van der Waals surface area (Å²) >= 11 is 1.69. The predicted molar refractivity (Wildman–Crippen MR) is 105 cm³/mol. The number of likely N-dealkylation sites (N-methyl/N-ethyl adjacent to an activating group) is 1. The highest BCUT2D eigenvalue weighted by Gasteiger charge is 2.11. The summed E-state index contributed by atoms with van der Waals surface area (Å²) in [6.07, 6.45) is -0.535. The monoisotopic (exact) mass is 372 g/mol. The molecule has 0 saturated carbocycles. The van der Waals surface area contributed by atoms with Crippen molar-refractivity contribution in [2.75, 3.05) is 27.3 Å². The van der Waals surface area contributed by atoms with Crippen LogP contribution < -0.4 is 4.74 Å². The second-order valence-electron chi connectivity index (χ2n) is 6.29. The van der Waals surface area contributed by atoms with Gasteiger partial charge in [-0.25, -0.2) is 4.98 Å². The third kappa shape index (κ3) is 5.25. The van der Waals surface area contributed by atoms with Crippen LogP contribution in [0.25, 0.3) is 10.2 Å². The van der Waals surface area contributed by atoms with E-state index < -0.39 is 6.10 Å². The average Bonchev–Trinajstić information content (AvgIpc) is 3.04. The van der Waals surface area contributed by atoms with Gasteiger partial charge < -0.3 is 14.6 Å². The molecule has 1 aromatic heterocycles. The number of methoxy groups -OCH3 is 1. The Morgan fingerprint density at radius 3 is 2.65 bits per heavy atom. The Labute approximate surface area is 157 Å². The Hall–Kier alpha value is -1.99. The van der Waals surface area contributed by atoms with Gasteiger partial charge in [0.05, 0.1) is 43.2 Å². The van der Waals surface area contributed by atoms with E-state index in [2.05, 4.69) is 16.0 Å². The first-order valence-corrected chi connectivity index (χ1v) is 9.37. The van der Waals surface area contributed by atoms with Crippen molar-refractivity contribution in [3.63, 3.8) is 0 Å². The van der Waals surface area contributed by atoms with E-state index in [1.54, 1.807) is 18.4 Å². The van der Waals surface area contributed by atoms with E-state index >= 15 is 0 Å². The molecular weight excluding hydrogens is 348 g/mol. The fourth-order valence-electron chi connectivity index (χ4n) is 2.73. The summed E-state index contributed by atoms with van der Waals surface area (Å²) in [5.41, 5.74) is 2.09. The Morgan fingerprint density at radius 2 is 1.92 bits per heavy atom. The first-order valence-electron chi connectivity index (χ1n) is 8.56. The van der Waals surface area contributed by atoms with Gasteiger partial charge in [0, 0.05) is 6.54 Å². The van der Waals surface area contributed by atoms with Crippen molar-refractivity contribution < 1.29 is 14.6 Å². The molecule has 6 heteroatoms. The van der Waals surface area contributed by atoms with Gasteiger partial charge in [-0.05, 0) is 36.9 Å². The van der Waals surface area contributed by atoms with E-state index in [1.807, 2.05) is 49.5 Å². The van der Waals surface area contributed by atoms with Gasteiger partial charge in [0.25, 0.3) is 0 Å². The molecule has 26 heavy (non-hydrogen) atoms. The molecule has 1 N–H and O–H groups in total. The summed E-state index contributed by atoms with van der Waals surface area (Å²) < 4.78 is 12.0. The number of benzene rings is 2. The van der Waals surface area contributed by atoms with Crippen molar-refractivity contribution >= 4 is 21.6 Å². The number of thiazole rings is 1. The fourth-order valence-corrected chi connectivity index (χ4v) is 3.78. The first kappa shape index (κ1) is 18.8. The molecule has 0 spiro atoms. The van der Waals surface area contributed by atoms with Crippen LogP contribution in [-0.2, 0) is 17.9 Å². The Kier molecular flexibility index (Phi) is 6.57. The molecular formula is C20H24N2O3S. The molecule has 0 bridgehead atoms. The Balaban J connectivity index is 1.41. The Morgan fingerprint density at radius 1 is 1.15 bits per heavy atom. The van der Waals surface area contributed by atoms with Crippen molar-refractivity contribution in [3.05, 3.63) is 59.1 Å². The molecule has 5 nitrogen and oxygen atoms in total. The molecule has 3 aromatic rings. The number of nitrogens with zero attached hydrogens (tertiary/aromatic N) is 2. The highest BCUT2D eigenvalue weighted by atomic mass is 32.1. The van der Waals surface area contributed by atoms with Gasteiger partial charge in [0.2, 0.25) is 0 Å². The topological polar surface area (TPSA) is 54.8 Å². The second-order valence-corrected chi connectivity index (χ2v) is 7.40. The molecule has 0 aliphatic carbocycles. The quantitative estimate of drug-likeness (QED) is 0.624. The zero-order chi connectivity index (χ0) is 18.4. The van der Waals surface area contributed by atoms with Crippen LogP contribution in [0.2, 0.25) is 0 Å². The number of ether oxygens (including phenoxy) is 2. The van der Waals surface area contributed by atoms with Gasteiger partial charge in [-0.3, -0.25) is 4.90 Å². The summed E-state index contributed by atoms with van der Waals surface area (Å²) in [4.78, 5) is 6.70. The van der Waals surface area contributed by atoms with Gasteiger partial charge >= 0.3 is 0 Å². The maximum absolute atomic E-state index is 10.2. The smallest absolute Gasteiger partial charge is 0.118 e.